The molecule has 4 aromatic heterocycles. The maximum absolute atomic E-state index is 6.14. The lowest BCUT2D eigenvalue weighted by molar-refractivity contribution is 0.619. The topological polar surface area (TPSA) is 84.3 Å². The Balaban J connectivity index is 0.889. The Labute approximate surface area is 403 Å². The minimum Gasteiger partial charge on any atom is -0.436 e. The molecule has 13 aromatic rings. The van der Waals surface area contributed by atoms with Crippen molar-refractivity contribution in [1.82, 2.24) is 19.9 Å². The van der Waals surface area contributed by atoms with E-state index >= 15 is 0 Å². The highest BCUT2D eigenvalue weighted by Crippen LogP contribution is 2.42. The number of hydrogen-bond acceptors (Lipinski definition) is 8. The second-order valence-corrected chi connectivity index (χ2v) is 17.1. The van der Waals surface area contributed by atoms with E-state index in [0.29, 0.717) is 11.8 Å². The van der Waals surface area contributed by atoms with Crippen molar-refractivity contribution in [3.63, 3.8) is 0 Å². The van der Waals surface area contributed by atoms with Crippen LogP contribution in [0.5, 0.6) is 0 Å². The Morgan fingerprint density at radius 1 is 0.300 bits per heavy atom. The number of hydrogen-bond donors (Lipinski definition) is 0. The van der Waals surface area contributed by atoms with Crippen LogP contribution in [0.4, 0.5) is 34.1 Å². The van der Waals surface area contributed by atoms with Crippen molar-refractivity contribution in [2.24, 2.45) is 0 Å². The van der Waals surface area contributed by atoms with E-state index in [-0.39, 0.29) is 0 Å². The Kier molecular flexibility index (Phi) is 9.98. The molecular weight excluding hydrogens is 861 g/mol. The van der Waals surface area contributed by atoms with Crippen LogP contribution < -0.4 is 9.80 Å². The Morgan fingerprint density at radius 2 is 0.714 bits per heavy atom. The third-order valence-corrected chi connectivity index (χ3v) is 12.8. The molecule has 0 bridgehead atoms. The molecule has 0 N–H and O–H groups in total. The molecule has 4 heterocycles. The zero-order valence-corrected chi connectivity index (χ0v) is 37.6. The van der Waals surface area contributed by atoms with Crippen LogP contribution in [-0.2, 0) is 0 Å². The van der Waals surface area contributed by atoms with E-state index < -0.39 is 0 Å². The van der Waals surface area contributed by atoms with Gasteiger partial charge in [-0.2, -0.15) is 0 Å². The quantitative estimate of drug-likeness (QED) is 0.126. The lowest BCUT2D eigenvalue weighted by Crippen LogP contribution is -2.10. The van der Waals surface area contributed by atoms with Crippen LogP contribution in [0.25, 0.3) is 89.2 Å². The normalized spacial score (nSPS) is 11.4. The summed E-state index contributed by atoms with van der Waals surface area (Å²) in [5.74, 6) is 1.18. The minimum atomic E-state index is 0.590. The van der Waals surface area contributed by atoms with Crippen molar-refractivity contribution in [1.29, 1.82) is 0 Å². The van der Waals surface area contributed by atoms with Gasteiger partial charge in [0.05, 0.1) is 11.4 Å². The van der Waals surface area contributed by atoms with Gasteiger partial charge >= 0.3 is 0 Å². The summed E-state index contributed by atoms with van der Waals surface area (Å²) in [5.41, 5.74) is 15.0. The first-order valence-electron chi connectivity index (χ1n) is 23.2. The van der Waals surface area contributed by atoms with Gasteiger partial charge in [-0.1, -0.05) is 84.9 Å². The van der Waals surface area contributed by atoms with Gasteiger partial charge < -0.3 is 18.6 Å². The predicted octanol–water partition coefficient (Wildman–Crippen LogP) is 16.7. The molecule has 0 aliphatic carbocycles. The molecule has 0 aliphatic rings. The van der Waals surface area contributed by atoms with Crippen LogP contribution in [0.2, 0.25) is 0 Å². The Bertz CT molecular complexity index is 3690. The molecule has 0 atom stereocenters. The maximum atomic E-state index is 6.14. The number of nitrogens with zero attached hydrogens (tertiary/aromatic N) is 6. The summed E-state index contributed by atoms with van der Waals surface area (Å²) in [6.45, 7) is 0. The number of oxazole rings is 2. The molecule has 0 saturated heterocycles. The fourth-order valence-corrected chi connectivity index (χ4v) is 9.39. The summed E-state index contributed by atoms with van der Waals surface area (Å²) in [7, 11) is 0. The lowest BCUT2D eigenvalue weighted by Gasteiger charge is -2.27. The highest BCUT2D eigenvalue weighted by atomic mass is 16.4. The van der Waals surface area contributed by atoms with E-state index in [1.54, 1.807) is 0 Å². The summed E-state index contributed by atoms with van der Waals surface area (Å²) < 4.78 is 12.3. The van der Waals surface area contributed by atoms with Crippen LogP contribution in [0.15, 0.2) is 252 Å². The van der Waals surface area contributed by atoms with E-state index in [0.717, 1.165) is 112 Å². The van der Waals surface area contributed by atoms with Gasteiger partial charge in [0.15, 0.2) is 11.2 Å². The van der Waals surface area contributed by atoms with E-state index in [1.807, 2.05) is 97.3 Å². The predicted molar refractivity (Wildman–Crippen MR) is 283 cm³/mol. The molecule has 8 heteroatoms. The molecule has 0 radical (unpaired) electrons. The number of anilines is 6. The number of rotatable bonds is 10. The van der Waals surface area contributed by atoms with Gasteiger partial charge in [-0.25, -0.2) is 9.97 Å². The van der Waals surface area contributed by atoms with Crippen molar-refractivity contribution in [3.05, 3.63) is 243 Å². The molecule has 0 fully saturated rings. The third kappa shape index (κ3) is 7.55. The molecule has 70 heavy (non-hydrogen) atoms. The number of pyridine rings is 2. The molecule has 13 rings (SSSR count). The smallest absolute Gasteiger partial charge is 0.227 e. The zero-order valence-electron chi connectivity index (χ0n) is 37.6. The van der Waals surface area contributed by atoms with Crippen molar-refractivity contribution in [2.45, 2.75) is 0 Å². The largest absolute Gasteiger partial charge is 0.436 e. The maximum Gasteiger partial charge on any atom is 0.227 e. The molecule has 0 aliphatic heterocycles. The average molecular weight is 901 g/mol. The van der Waals surface area contributed by atoms with Gasteiger partial charge in [0.25, 0.3) is 0 Å². The second kappa shape index (κ2) is 17.2. The number of aromatic nitrogens is 4. The fourth-order valence-electron chi connectivity index (χ4n) is 9.39. The van der Waals surface area contributed by atoms with Crippen molar-refractivity contribution < 1.29 is 8.83 Å². The highest BCUT2D eigenvalue weighted by Gasteiger charge is 2.19. The summed E-state index contributed by atoms with van der Waals surface area (Å²) in [4.78, 5) is 23.4. The fraction of sp³-hybridized carbons (Fsp3) is 0. The average Bonchev–Trinajstić information content (AvgIpc) is 4.08. The third-order valence-electron chi connectivity index (χ3n) is 12.8. The standard InChI is InChI=1S/C62H40N6O2/c1-3-19-59-57(17-1)65-61(69-59)41-23-27-47(28-24-41)67(49-13-9-11-45(39-49)55-15-5-7-35-63-55)51-31-33-53-43(37-51)21-22-44-38-52(32-34-54(44)53)68(50-14-10-12-46(40-50)56-16-6-8-36-64-56)48-29-25-42(26-30-48)62-66-58-18-2-4-20-60(58)70-62/h1-40H. The molecule has 0 unspecified atom stereocenters. The van der Waals surface area contributed by atoms with Gasteiger partial charge in [-0.3, -0.25) is 9.97 Å². The van der Waals surface area contributed by atoms with Crippen LogP contribution >= 0.6 is 0 Å². The molecule has 0 saturated carbocycles. The summed E-state index contributed by atoms with van der Waals surface area (Å²) >= 11 is 0. The summed E-state index contributed by atoms with van der Waals surface area (Å²) in [6.07, 6.45) is 3.67. The van der Waals surface area contributed by atoms with Crippen LogP contribution in [-0.4, -0.2) is 19.9 Å². The first kappa shape index (κ1) is 40.6. The van der Waals surface area contributed by atoms with Gasteiger partial charge in [0.1, 0.15) is 11.0 Å². The second-order valence-electron chi connectivity index (χ2n) is 17.1. The van der Waals surface area contributed by atoms with Crippen LogP contribution in [0, 0.1) is 0 Å². The summed E-state index contributed by atoms with van der Waals surface area (Å²) in [6, 6.07) is 79.5. The van der Waals surface area contributed by atoms with Gasteiger partial charge in [-0.15, -0.1) is 0 Å². The molecule has 9 aromatic carbocycles. The Morgan fingerprint density at radius 3 is 1.14 bits per heavy atom. The minimum absolute atomic E-state index is 0.590. The molecular formula is C62H40N6O2. The van der Waals surface area contributed by atoms with E-state index in [2.05, 4.69) is 165 Å². The van der Waals surface area contributed by atoms with Crippen molar-refractivity contribution in [2.75, 3.05) is 9.80 Å². The molecule has 0 amide bonds. The number of benzene rings is 9. The number of para-hydroxylation sites is 4. The van der Waals surface area contributed by atoms with Crippen LogP contribution in [0.3, 0.4) is 0 Å². The van der Waals surface area contributed by atoms with Gasteiger partial charge in [-0.05, 0) is 167 Å². The number of fused-ring (bicyclic) bond motifs is 5. The van der Waals surface area contributed by atoms with Crippen LogP contribution in [0.1, 0.15) is 0 Å². The summed E-state index contributed by atoms with van der Waals surface area (Å²) in [5, 5.41) is 4.57. The molecule has 0 spiro atoms. The zero-order chi connectivity index (χ0) is 46.4. The first-order valence-corrected chi connectivity index (χ1v) is 23.2. The van der Waals surface area contributed by atoms with E-state index in [9.17, 15) is 0 Å². The van der Waals surface area contributed by atoms with Crippen molar-refractivity contribution in [3.8, 4) is 45.4 Å². The lowest BCUT2D eigenvalue weighted by atomic mass is 9.99. The van der Waals surface area contributed by atoms with Gasteiger partial charge in [0.2, 0.25) is 11.8 Å². The van der Waals surface area contributed by atoms with Crippen molar-refractivity contribution >= 4 is 77.9 Å². The first-order chi connectivity index (χ1) is 34.6. The molecule has 330 valence electrons. The van der Waals surface area contributed by atoms with E-state index in [1.165, 1.54) is 0 Å². The SMILES string of the molecule is c1ccc(-c2cccc(N(c3ccc(-c4nc5ccccc5o4)cc3)c3ccc4c(ccc5cc(N(c6ccc(-c7nc8ccccc8o7)cc6)c6cccc(-c7ccccn7)c6)ccc54)c3)c2)nc1. The Hall–Kier alpha value is -9.66. The monoisotopic (exact) mass is 900 g/mol. The highest BCUT2D eigenvalue weighted by molar-refractivity contribution is 6.10. The van der Waals surface area contributed by atoms with Gasteiger partial charge in [0, 0.05) is 68.8 Å². The molecule has 8 nitrogen and oxygen atoms in total. The van der Waals surface area contributed by atoms with E-state index in [4.69, 9.17) is 18.8 Å².